The van der Waals surface area contributed by atoms with Crippen LogP contribution in [0.15, 0.2) is 23.5 Å². The van der Waals surface area contributed by atoms with Gasteiger partial charge in [0.15, 0.2) is 5.84 Å². The molecule has 0 spiro atoms. The molecule has 0 saturated carbocycles. The number of amidine groups is 1. The first-order chi connectivity index (χ1) is 9.29. The van der Waals surface area contributed by atoms with Crippen molar-refractivity contribution < 1.29 is 5.21 Å². The van der Waals surface area contributed by atoms with Crippen LogP contribution in [0.1, 0.15) is 24.1 Å². The fourth-order valence-corrected chi connectivity index (χ4v) is 3.35. The fourth-order valence-electron chi connectivity index (χ4n) is 2.15. The Labute approximate surface area is 117 Å². The van der Waals surface area contributed by atoms with Crippen LogP contribution in [0.4, 0.5) is 0 Å². The number of pyridine rings is 1. The molecule has 0 bridgehead atoms. The lowest BCUT2D eigenvalue weighted by Crippen LogP contribution is -2.25. The highest BCUT2D eigenvalue weighted by atomic mass is 32.2. The van der Waals surface area contributed by atoms with Gasteiger partial charge in [-0.1, -0.05) is 5.16 Å². The van der Waals surface area contributed by atoms with Crippen molar-refractivity contribution in [1.29, 1.82) is 0 Å². The number of nitrogens with two attached hydrogens (primary N) is 1. The number of hydrogen-bond acceptors (Lipinski definition) is 5. The molecule has 2 rings (SSSR count). The van der Waals surface area contributed by atoms with E-state index in [4.69, 9.17) is 10.9 Å². The third-order valence-corrected chi connectivity index (χ3v) is 4.35. The second-order valence-corrected chi connectivity index (χ2v) is 5.95. The molecule has 1 aliphatic rings. The van der Waals surface area contributed by atoms with Crippen LogP contribution in [0, 0.1) is 5.92 Å². The third-order valence-electron chi connectivity index (χ3n) is 3.30. The standard InChI is InChI=1S/C13H20N4OS/c14-13(17-18)12-7-11(1-4-16-12)9-15-8-10-2-5-19-6-3-10/h1,4,7,10,15,18H,2-3,5-6,8-9H2,(H2,14,17). The number of rotatable bonds is 5. The van der Waals surface area contributed by atoms with E-state index in [1.54, 1.807) is 6.20 Å². The lowest BCUT2D eigenvalue weighted by Gasteiger charge is -2.21. The van der Waals surface area contributed by atoms with Crippen LogP contribution in [-0.2, 0) is 6.54 Å². The Morgan fingerprint density at radius 2 is 2.32 bits per heavy atom. The van der Waals surface area contributed by atoms with Gasteiger partial charge in [-0.2, -0.15) is 11.8 Å². The molecule has 1 aliphatic heterocycles. The zero-order chi connectivity index (χ0) is 13.5. The normalized spacial score (nSPS) is 17.6. The maximum Gasteiger partial charge on any atom is 0.188 e. The highest BCUT2D eigenvalue weighted by molar-refractivity contribution is 7.99. The molecule has 0 unspecified atom stereocenters. The number of oxime groups is 1. The first-order valence-electron chi connectivity index (χ1n) is 6.51. The summed E-state index contributed by atoms with van der Waals surface area (Å²) >= 11 is 2.05. The van der Waals surface area contributed by atoms with Gasteiger partial charge in [-0.3, -0.25) is 4.98 Å². The number of nitrogens with one attached hydrogen (secondary N) is 1. The summed E-state index contributed by atoms with van der Waals surface area (Å²) in [6, 6.07) is 3.79. The topological polar surface area (TPSA) is 83.5 Å². The largest absolute Gasteiger partial charge is 0.409 e. The Hall–Kier alpha value is -1.27. The predicted molar refractivity (Wildman–Crippen MR) is 78.5 cm³/mol. The molecule has 5 nitrogen and oxygen atoms in total. The van der Waals surface area contributed by atoms with Crippen molar-refractivity contribution in [2.45, 2.75) is 19.4 Å². The Morgan fingerprint density at radius 1 is 1.53 bits per heavy atom. The molecule has 2 heterocycles. The highest BCUT2D eigenvalue weighted by Gasteiger charge is 2.12. The van der Waals surface area contributed by atoms with Crippen LogP contribution in [0.25, 0.3) is 0 Å². The molecule has 0 aliphatic carbocycles. The minimum Gasteiger partial charge on any atom is -0.409 e. The summed E-state index contributed by atoms with van der Waals surface area (Å²) in [6.45, 7) is 1.85. The summed E-state index contributed by atoms with van der Waals surface area (Å²) in [7, 11) is 0. The van der Waals surface area contributed by atoms with E-state index in [2.05, 4.69) is 15.5 Å². The average Bonchev–Trinajstić information content (AvgIpc) is 2.48. The molecule has 1 fully saturated rings. The lowest BCUT2D eigenvalue weighted by molar-refractivity contribution is 0.318. The molecular formula is C13H20N4OS. The van der Waals surface area contributed by atoms with Crippen molar-refractivity contribution in [2.24, 2.45) is 16.8 Å². The molecule has 6 heteroatoms. The molecule has 1 saturated heterocycles. The zero-order valence-corrected chi connectivity index (χ0v) is 11.7. The minimum atomic E-state index is 0.0474. The highest BCUT2D eigenvalue weighted by Crippen LogP contribution is 2.21. The van der Waals surface area contributed by atoms with E-state index in [9.17, 15) is 0 Å². The predicted octanol–water partition coefficient (Wildman–Crippen LogP) is 1.41. The average molecular weight is 280 g/mol. The van der Waals surface area contributed by atoms with Gasteiger partial charge in [0.1, 0.15) is 5.69 Å². The molecule has 0 amide bonds. The van der Waals surface area contributed by atoms with E-state index in [1.165, 1.54) is 24.3 Å². The van der Waals surface area contributed by atoms with Crippen LogP contribution in [0.5, 0.6) is 0 Å². The molecular weight excluding hydrogens is 260 g/mol. The maximum absolute atomic E-state index is 8.63. The van der Waals surface area contributed by atoms with Crippen LogP contribution in [-0.4, -0.2) is 34.1 Å². The van der Waals surface area contributed by atoms with E-state index < -0.39 is 0 Å². The summed E-state index contributed by atoms with van der Waals surface area (Å²) in [6.07, 6.45) is 4.30. The molecule has 0 radical (unpaired) electrons. The molecule has 1 aromatic rings. The van der Waals surface area contributed by atoms with Crippen LogP contribution in [0.3, 0.4) is 0 Å². The molecule has 1 aromatic heterocycles. The second kappa shape index (κ2) is 7.35. The Bertz CT molecular complexity index is 432. The summed E-state index contributed by atoms with van der Waals surface area (Å²) in [4.78, 5) is 4.06. The van der Waals surface area contributed by atoms with Gasteiger partial charge in [-0.15, -0.1) is 0 Å². The number of hydrogen-bond donors (Lipinski definition) is 3. The first kappa shape index (κ1) is 14.1. The van der Waals surface area contributed by atoms with Gasteiger partial charge in [0.05, 0.1) is 0 Å². The van der Waals surface area contributed by atoms with Gasteiger partial charge in [0.25, 0.3) is 0 Å². The van der Waals surface area contributed by atoms with Gasteiger partial charge in [-0.05, 0) is 54.5 Å². The van der Waals surface area contributed by atoms with Crippen LogP contribution >= 0.6 is 11.8 Å². The van der Waals surface area contributed by atoms with Gasteiger partial charge in [0, 0.05) is 12.7 Å². The van der Waals surface area contributed by atoms with Crippen LogP contribution < -0.4 is 11.1 Å². The lowest BCUT2D eigenvalue weighted by atomic mass is 10.0. The summed E-state index contributed by atoms with van der Waals surface area (Å²) in [5, 5.41) is 15.1. The maximum atomic E-state index is 8.63. The third kappa shape index (κ3) is 4.40. The first-order valence-corrected chi connectivity index (χ1v) is 7.66. The van der Waals surface area contributed by atoms with E-state index >= 15 is 0 Å². The molecule has 0 aromatic carbocycles. The smallest absolute Gasteiger partial charge is 0.188 e. The van der Waals surface area contributed by atoms with Crippen molar-refractivity contribution in [3.05, 3.63) is 29.6 Å². The Balaban J connectivity index is 1.82. The van der Waals surface area contributed by atoms with Gasteiger partial charge in [0.2, 0.25) is 0 Å². The van der Waals surface area contributed by atoms with Crippen molar-refractivity contribution >= 4 is 17.6 Å². The van der Waals surface area contributed by atoms with E-state index in [0.717, 1.165) is 24.6 Å². The van der Waals surface area contributed by atoms with E-state index in [-0.39, 0.29) is 5.84 Å². The van der Waals surface area contributed by atoms with Crippen LogP contribution in [0.2, 0.25) is 0 Å². The summed E-state index contributed by atoms with van der Waals surface area (Å²) in [5.41, 5.74) is 7.13. The molecule has 104 valence electrons. The SMILES string of the molecule is N/C(=N/O)c1cc(CNCC2CCSCC2)ccn1. The van der Waals surface area contributed by atoms with Crippen molar-refractivity contribution in [2.75, 3.05) is 18.1 Å². The van der Waals surface area contributed by atoms with E-state index in [0.29, 0.717) is 5.69 Å². The van der Waals surface area contributed by atoms with Gasteiger partial charge in [-0.25, -0.2) is 0 Å². The summed E-state index contributed by atoms with van der Waals surface area (Å²) < 4.78 is 0. The Kier molecular flexibility index (Phi) is 5.47. The number of nitrogens with zero attached hydrogens (tertiary/aromatic N) is 2. The molecule has 19 heavy (non-hydrogen) atoms. The van der Waals surface area contributed by atoms with E-state index in [1.807, 2.05) is 23.9 Å². The van der Waals surface area contributed by atoms with Crippen molar-refractivity contribution in [3.8, 4) is 0 Å². The molecule has 0 atom stereocenters. The molecule has 4 N–H and O–H groups in total. The monoisotopic (exact) mass is 280 g/mol. The summed E-state index contributed by atoms with van der Waals surface area (Å²) in [5.74, 6) is 3.42. The minimum absolute atomic E-state index is 0.0474. The quantitative estimate of drug-likeness (QED) is 0.329. The van der Waals surface area contributed by atoms with Crippen molar-refractivity contribution in [1.82, 2.24) is 10.3 Å². The zero-order valence-electron chi connectivity index (χ0n) is 10.9. The van der Waals surface area contributed by atoms with Crippen molar-refractivity contribution in [3.63, 3.8) is 0 Å². The van der Waals surface area contributed by atoms with Gasteiger partial charge < -0.3 is 16.3 Å². The van der Waals surface area contributed by atoms with Gasteiger partial charge >= 0.3 is 0 Å². The fraction of sp³-hybridized carbons (Fsp3) is 0.538. The second-order valence-electron chi connectivity index (χ2n) is 4.72. The number of thioether (sulfide) groups is 1. The number of aromatic nitrogens is 1. The Morgan fingerprint density at radius 3 is 3.05 bits per heavy atom.